The van der Waals surface area contributed by atoms with Crippen molar-refractivity contribution in [1.82, 2.24) is 0 Å². The summed E-state index contributed by atoms with van der Waals surface area (Å²) in [7, 11) is -5.53. The average molecular weight is 816 g/mol. The maximum absolute atomic E-state index is 2.72. The van der Waals surface area contributed by atoms with E-state index in [1.54, 1.807) is 57.7 Å². The molecule has 52 heavy (non-hydrogen) atoms. The summed E-state index contributed by atoms with van der Waals surface area (Å²) in [5.74, 6) is 0. The van der Waals surface area contributed by atoms with Crippen LogP contribution in [0.3, 0.4) is 0 Å². The predicted molar refractivity (Wildman–Crippen MR) is 238 cm³/mol. The predicted octanol–water partition coefficient (Wildman–Crippen LogP) is 11.7. The van der Waals surface area contributed by atoms with Crippen LogP contribution in [0.2, 0.25) is 58.9 Å². The molecule has 0 N–H and O–H groups in total. The molecule has 0 heterocycles. The van der Waals surface area contributed by atoms with Crippen molar-refractivity contribution >= 4 is 48.6 Å². The molecule has 2 aliphatic carbocycles. The van der Waals surface area contributed by atoms with Gasteiger partial charge in [0.25, 0.3) is 0 Å². The molecule has 0 aliphatic heterocycles. The quantitative estimate of drug-likeness (QED) is 0.163. The fraction of sp³-hybridized carbons (Fsp3) is 0.396. The van der Waals surface area contributed by atoms with Gasteiger partial charge in [-0.15, -0.1) is 0 Å². The first-order chi connectivity index (χ1) is 24.0. The van der Waals surface area contributed by atoms with Crippen LogP contribution < -0.4 is 15.6 Å². The molecule has 4 heteroatoms. The molecule has 0 saturated carbocycles. The molecule has 0 aromatic heterocycles. The van der Waals surface area contributed by atoms with Gasteiger partial charge < -0.3 is 0 Å². The number of hydrogen-bond donors (Lipinski definition) is 0. The third-order valence-electron chi connectivity index (χ3n) is 11.0. The van der Waals surface area contributed by atoms with E-state index in [1.165, 1.54) is 16.7 Å². The molecule has 0 spiro atoms. The number of benzene rings is 4. The summed E-state index contributed by atoms with van der Waals surface area (Å²) in [6.45, 7) is 38.6. The molecule has 0 bridgehead atoms. The number of rotatable bonds is 7. The minimum atomic E-state index is -1.89. The van der Waals surface area contributed by atoms with E-state index in [9.17, 15) is 0 Å². The number of fused-ring (bicyclic) bond motifs is 3. The van der Waals surface area contributed by atoms with Gasteiger partial charge in [0.1, 0.15) is 0 Å². The van der Waals surface area contributed by atoms with Gasteiger partial charge in [-0.3, -0.25) is 0 Å². The summed E-state index contributed by atoms with van der Waals surface area (Å²) < 4.78 is 2.04. The second-order valence-corrected chi connectivity index (χ2v) is 38.9. The maximum atomic E-state index is 2.72. The van der Waals surface area contributed by atoms with Crippen LogP contribution in [0.4, 0.5) is 0 Å². The van der Waals surface area contributed by atoms with Crippen molar-refractivity contribution in [2.45, 2.75) is 121 Å². The Morgan fingerprint density at radius 1 is 0.615 bits per heavy atom. The van der Waals surface area contributed by atoms with Crippen LogP contribution in [0.5, 0.6) is 0 Å². The van der Waals surface area contributed by atoms with E-state index >= 15 is 0 Å². The van der Waals surface area contributed by atoms with Crippen LogP contribution in [-0.2, 0) is 33.6 Å². The van der Waals surface area contributed by atoms with E-state index in [2.05, 4.69) is 191 Å². The van der Waals surface area contributed by atoms with Crippen LogP contribution in [-0.4, -0.2) is 27.4 Å². The number of allylic oxidation sites excluding steroid dienone is 4. The average Bonchev–Trinajstić information content (AvgIpc) is 3.67. The van der Waals surface area contributed by atoms with Crippen molar-refractivity contribution in [2.75, 3.05) is 0 Å². The zero-order valence-corrected chi connectivity index (χ0v) is 40.4. The van der Waals surface area contributed by atoms with Crippen molar-refractivity contribution in [1.29, 1.82) is 0 Å². The molecule has 0 fully saturated rings. The molecule has 1 atom stereocenters. The third kappa shape index (κ3) is 7.41. The van der Waals surface area contributed by atoms with Gasteiger partial charge in [0, 0.05) is 0 Å². The Labute approximate surface area is 331 Å². The molecule has 6 rings (SSSR count). The fourth-order valence-electron chi connectivity index (χ4n) is 8.72. The summed E-state index contributed by atoms with van der Waals surface area (Å²) in [4.78, 5) is 0. The first-order valence-electron chi connectivity index (χ1n) is 19.6. The van der Waals surface area contributed by atoms with E-state index in [0.29, 0.717) is 3.63 Å². The Kier molecular flexibility index (Phi) is 10.5. The van der Waals surface area contributed by atoms with Gasteiger partial charge in [-0.05, 0) is 0 Å². The third-order valence-corrected chi connectivity index (χ3v) is 21.6. The van der Waals surface area contributed by atoms with Crippen LogP contribution in [0.15, 0.2) is 91.0 Å². The zero-order valence-electron chi connectivity index (χ0n) is 34.9. The van der Waals surface area contributed by atoms with E-state index in [0.717, 1.165) is 6.42 Å². The topological polar surface area (TPSA) is 0 Å². The van der Waals surface area contributed by atoms with Crippen molar-refractivity contribution in [2.24, 2.45) is 0 Å². The van der Waals surface area contributed by atoms with Crippen LogP contribution >= 0.6 is 0 Å². The van der Waals surface area contributed by atoms with Crippen LogP contribution in [0.1, 0.15) is 90.5 Å². The second kappa shape index (κ2) is 13.8. The Morgan fingerprint density at radius 3 is 1.58 bits per heavy atom. The Balaban J connectivity index is 1.96. The molecule has 0 amide bonds. The van der Waals surface area contributed by atoms with Gasteiger partial charge in [0.05, 0.1) is 0 Å². The van der Waals surface area contributed by atoms with E-state index in [4.69, 9.17) is 0 Å². The first-order valence-corrected chi connectivity index (χ1v) is 32.7. The van der Waals surface area contributed by atoms with Gasteiger partial charge in [0.15, 0.2) is 0 Å². The molecule has 0 saturated heterocycles. The SMILES string of the molecule is CC(C)(C)c1cc2c(c([Si](C)(C)C)c1)-c1c(c(C3=CC=CC3)c(C(C)(C)C)c([Si](C)(C)C)c1[Si](C)(C)C)[CH]2[Zr]=[C](c1ccccc1)c1ccccc1. The second-order valence-electron chi connectivity index (χ2n) is 20.5. The minimum absolute atomic E-state index is 0.0196. The van der Waals surface area contributed by atoms with Crippen LogP contribution in [0, 0.1) is 0 Å². The molecule has 4 aromatic carbocycles. The molecular weight excluding hydrogens is 752 g/mol. The Hall–Kier alpha value is -2.24. The molecule has 4 aromatic rings. The van der Waals surface area contributed by atoms with E-state index in [-0.39, 0.29) is 10.8 Å². The molecule has 2 aliphatic rings. The molecule has 271 valence electrons. The standard InChI is InChI=1S/C35H53Si3.C13H10.Zr/c1-34(2,3)25-20-24-21-26-28(23-18-16-17-19-23)31(35(4,5)6)33(38(13,14)15)32(37(10,11)12)30(26)29(24)27(22-25)36(7,8)9;1-3-7-12(8-4-1)11-13-9-5-2-6-10-13;/h16-18,20-22H,19H2,1-15H3;1-10H;. The summed E-state index contributed by atoms with van der Waals surface area (Å²) in [5.41, 5.74) is 16.0. The van der Waals surface area contributed by atoms with Crippen molar-refractivity contribution in [3.63, 3.8) is 0 Å². The summed E-state index contributed by atoms with van der Waals surface area (Å²) in [6, 6.07) is 28.3. The van der Waals surface area contributed by atoms with Crippen molar-refractivity contribution in [3.8, 4) is 11.1 Å². The summed E-state index contributed by atoms with van der Waals surface area (Å²) in [6.07, 6.45) is 8.26. The Morgan fingerprint density at radius 2 is 1.15 bits per heavy atom. The molecule has 1 unspecified atom stereocenters. The van der Waals surface area contributed by atoms with Crippen LogP contribution in [0.25, 0.3) is 16.7 Å². The van der Waals surface area contributed by atoms with Gasteiger partial charge >= 0.3 is 334 Å². The monoisotopic (exact) mass is 813 g/mol. The van der Waals surface area contributed by atoms with Gasteiger partial charge in [-0.1, -0.05) is 0 Å². The van der Waals surface area contributed by atoms with Crippen molar-refractivity contribution in [3.05, 3.63) is 130 Å². The van der Waals surface area contributed by atoms with E-state index in [1.807, 2.05) is 0 Å². The summed E-state index contributed by atoms with van der Waals surface area (Å²) in [5, 5.41) is 5.27. The molecular formula is C48H63Si3Zr. The molecule has 0 nitrogen and oxygen atoms in total. The zero-order chi connectivity index (χ0) is 38.2. The van der Waals surface area contributed by atoms with E-state index < -0.39 is 47.0 Å². The fourth-order valence-corrected chi connectivity index (χ4v) is 20.9. The van der Waals surface area contributed by atoms with Gasteiger partial charge in [0.2, 0.25) is 0 Å². The van der Waals surface area contributed by atoms with Crippen molar-refractivity contribution < 1.29 is 22.8 Å². The molecule has 0 radical (unpaired) electrons. The number of hydrogen-bond acceptors (Lipinski definition) is 0. The van der Waals surface area contributed by atoms with Gasteiger partial charge in [-0.25, -0.2) is 0 Å². The Bertz CT molecular complexity index is 2060. The summed E-state index contributed by atoms with van der Waals surface area (Å²) >= 11 is -1.36. The first kappa shape index (κ1) is 39.5. The van der Waals surface area contributed by atoms with Gasteiger partial charge in [-0.2, -0.15) is 0 Å². The normalized spacial score (nSPS) is 16.1.